The van der Waals surface area contributed by atoms with Crippen molar-refractivity contribution in [3.8, 4) is 5.75 Å². The molecule has 2 heterocycles. The average molecular weight is 386 g/mol. The van der Waals surface area contributed by atoms with Gasteiger partial charge in [0.25, 0.3) is 11.8 Å². The van der Waals surface area contributed by atoms with Gasteiger partial charge in [0.05, 0.1) is 12.8 Å². The van der Waals surface area contributed by atoms with E-state index in [1.165, 1.54) is 11.1 Å². The number of hydrogen-bond donors (Lipinski definition) is 0. The zero-order valence-electron chi connectivity index (χ0n) is 14.9. The van der Waals surface area contributed by atoms with Crippen molar-refractivity contribution in [3.63, 3.8) is 0 Å². The zero-order chi connectivity index (χ0) is 19.8. The van der Waals surface area contributed by atoms with Crippen LogP contribution in [0.25, 0.3) is 0 Å². The van der Waals surface area contributed by atoms with Crippen molar-refractivity contribution in [2.75, 3.05) is 18.6 Å². The Labute approximate surface area is 159 Å². The largest absolute Gasteiger partial charge is 0.497 e. The Morgan fingerprint density at radius 1 is 1.04 bits per heavy atom. The van der Waals surface area contributed by atoms with E-state index in [2.05, 4.69) is 10.3 Å². The predicted molar refractivity (Wildman–Crippen MR) is 94.7 cm³/mol. The van der Waals surface area contributed by atoms with Gasteiger partial charge >= 0.3 is 0 Å². The highest BCUT2D eigenvalue weighted by molar-refractivity contribution is 6.25. The smallest absolute Gasteiger partial charge is 0.263 e. The molecule has 0 saturated carbocycles. The van der Waals surface area contributed by atoms with Gasteiger partial charge in [-0.15, -0.1) is 0 Å². The van der Waals surface area contributed by atoms with E-state index in [0.717, 1.165) is 28.3 Å². The molecule has 28 heavy (non-hydrogen) atoms. The van der Waals surface area contributed by atoms with Gasteiger partial charge in [0.1, 0.15) is 5.75 Å². The highest BCUT2D eigenvalue weighted by atomic mass is 19.2. The SMILES string of the molecule is COc1ccc(CCN2N=NC3C(=O)N(c4ccc(F)c(F)c4)C(=O)C32)cc1. The van der Waals surface area contributed by atoms with Gasteiger partial charge in [-0.25, -0.2) is 13.7 Å². The topological polar surface area (TPSA) is 74.6 Å². The van der Waals surface area contributed by atoms with Gasteiger partial charge in [-0.2, -0.15) is 5.11 Å². The fourth-order valence-electron chi connectivity index (χ4n) is 3.32. The summed E-state index contributed by atoms with van der Waals surface area (Å²) < 4.78 is 31.8. The third-order valence-corrected chi connectivity index (χ3v) is 4.81. The van der Waals surface area contributed by atoms with Crippen LogP contribution in [0.2, 0.25) is 0 Å². The molecule has 0 aliphatic carbocycles. The second-order valence-corrected chi connectivity index (χ2v) is 6.47. The monoisotopic (exact) mass is 386 g/mol. The lowest BCUT2D eigenvalue weighted by molar-refractivity contribution is -0.123. The van der Waals surface area contributed by atoms with Crippen LogP contribution in [0, 0.1) is 11.6 Å². The summed E-state index contributed by atoms with van der Waals surface area (Å²) in [7, 11) is 1.58. The van der Waals surface area contributed by atoms with Crippen LogP contribution in [0.1, 0.15) is 5.56 Å². The van der Waals surface area contributed by atoms with E-state index in [9.17, 15) is 18.4 Å². The summed E-state index contributed by atoms with van der Waals surface area (Å²) in [4.78, 5) is 26.2. The Kier molecular flexibility index (Phi) is 4.50. The van der Waals surface area contributed by atoms with Gasteiger partial charge in [-0.1, -0.05) is 17.4 Å². The van der Waals surface area contributed by atoms with E-state index in [-0.39, 0.29) is 5.69 Å². The van der Waals surface area contributed by atoms with Gasteiger partial charge in [0.15, 0.2) is 23.7 Å². The van der Waals surface area contributed by atoms with E-state index in [0.29, 0.717) is 13.0 Å². The number of hydrogen-bond acceptors (Lipinski definition) is 6. The lowest BCUT2D eigenvalue weighted by atomic mass is 10.1. The zero-order valence-corrected chi connectivity index (χ0v) is 14.9. The van der Waals surface area contributed by atoms with Crippen LogP contribution in [-0.4, -0.2) is 42.6 Å². The summed E-state index contributed by atoms with van der Waals surface area (Å²) in [6.07, 6.45) is 0.582. The molecule has 2 aromatic carbocycles. The number of carbonyl (C=O) groups is 2. The molecule has 0 N–H and O–H groups in total. The third kappa shape index (κ3) is 2.98. The number of fused-ring (bicyclic) bond motifs is 1. The van der Waals surface area contributed by atoms with Crippen molar-refractivity contribution >= 4 is 17.5 Å². The van der Waals surface area contributed by atoms with Crippen molar-refractivity contribution in [2.45, 2.75) is 18.5 Å². The molecule has 2 aliphatic heterocycles. The van der Waals surface area contributed by atoms with Gasteiger partial charge < -0.3 is 4.74 Å². The van der Waals surface area contributed by atoms with Gasteiger partial charge in [0.2, 0.25) is 0 Å². The van der Waals surface area contributed by atoms with E-state index >= 15 is 0 Å². The molecule has 0 bridgehead atoms. The molecule has 2 aliphatic rings. The Bertz CT molecular complexity index is 964. The first kappa shape index (κ1) is 18.0. The second-order valence-electron chi connectivity index (χ2n) is 6.47. The lowest BCUT2D eigenvalue weighted by Crippen LogP contribution is -2.40. The molecule has 0 spiro atoms. The molecule has 2 aromatic rings. The minimum Gasteiger partial charge on any atom is -0.497 e. The first-order chi connectivity index (χ1) is 13.5. The van der Waals surface area contributed by atoms with Crippen molar-refractivity contribution in [2.24, 2.45) is 10.3 Å². The van der Waals surface area contributed by atoms with Crippen LogP contribution in [0.15, 0.2) is 52.8 Å². The fourth-order valence-corrected chi connectivity index (χ4v) is 3.32. The summed E-state index contributed by atoms with van der Waals surface area (Å²) in [6.45, 7) is 0.377. The molecule has 2 unspecified atom stereocenters. The van der Waals surface area contributed by atoms with Crippen molar-refractivity contribution in [1.29, 1.82) is 0 Å². The molecule has 1 fully saturated rings. The number of halogens is 2. The van der Waals surface area contributed by atoms with Crippen LogP contribution in [0.4, 0.5) is 14.5 Å². The number of rotatable bonds is 5. The van der Waals surface area contributed by atoms with Crippen LogP contribution < -0.4 is 9.64 Å². The lowest BCUT2D eigenvalue weighted by Gasteiger charge is -2.20. The van der Waals surface area contributed by atoms with E-state index < -0.39 is 35.5 Å². The Hall–Kier alpha value is -3.36. The number of carbonyl (C=O) groups excluding carboxylic acids is 2. The predicted octanol–water partition coefficient (Wildman–Crippen LogP) is 2.51. The Morgan fingerprint density at radius 3 is 2.46 bits per heavy atom. The van der Waals surface area contributed by atoms with Crippen LogP contribution >= 0.6 is 0 Å². The molecule has 0 aromatic heterocycles. The van der Waals surface area contributed by atoms with Crippen molar-refractivity contribution in [1.82, 2.24) is 5.01 Å². The summed E-state index contributed by atoms with van der Waals surface area (Å²) in [5.74, 6) is -2.60. The number of nitrogens with zero attached hydrogens (tertiary/aromatic N) is 4. The molecular formula is C19H16F2N4O3. The van der Waals surface area contributed by atoms with Crippen molar-refractivity contribution in [3.05, 3.63) is 59.7 Å². The number of imide groups is 1. The Morgan fingerprint density at radius 2 is 1.79 bits per heavy atom. The maximum atomic E-state index is 13.5. The first-order valence-corrected chi connectivity index (χ1v) is 8.63. The van der Waals surface area contributed by atoms with E-state index in [1.807, 2.05) is 24.3 Å². The highest BCUT2D eigenvalue weighted by Crippen LogP contribution is 2.32. The Balaban J connectivity index is 1.50. The standard InChI is InChI=1S/C19H16F2N4O3/c1-28-13-5-2-11(3-6-13)8-9-24-17-16(22-23-24)18(26)25(19(17)27)12-4-7-14(20)15(21)10-12/h2-7,10,16-17H,8-9H2,1H3. The first-order valence-electron chi connectivity index (χ1n) is 8.63. The number of amides is 2. The number of ether oxygens (including phenoxy) is 1. The number of methoxy groups -OCH3 is 1. The second kappa shape index (κ2) is 6.99. The quantitative estimate of drug-likeness (QED) is 0.740. The van der Waals surface area contributed by atoms with E-state index in [4.69, 9.17) is 4.74 Å². The molecule has 9 heteroatoms. The van der Waals surface area contributed by atoms with Crippen LogP contribution in [0.5, 0.6) is 5.75 Å². The fraction of sp³-hybridized carbons (Fsp3) is 0.263. The average Bonchev–Trinajstić information content (AvgIpc) is 3.23. The molecule has 4 rings (SSSR count). The molecule has 0 radical (unpaired) electrons. The van der Waals surface area contributed by atoms with Gasteiger partial charge in [-0.05, 0) is 36.2 Å². The van der Waals surface area contributed by atoms with Crippen molar-refractivity contribution < 1.29 is 23.1 Å². The molecule has 2 atom stereocenters. The summed E-state index contributed by atoms with van der Waals surface area (Å²) in [5, 5.41) is 9.35. The van der Waals surface area contributed by atoms with E-state index in [1.54, 1.807) is 7.11 Å². The summed E-state index contributed by atoms with van der Waals surface area (Å²) in [5.41, 5.74) is 0.988. The van der Waals surface area contributed by atoms with Gasteiger partial charge in [-0.3, -0.25) is 14.6 Å². The molecule has 2 amide bonds. The third-order valence-electron chi connectivity index (χ3n) is 4.81. The maximum Gasteiger partial charge on any atom is 0.263 e. The number of benzene rings is 2. The van der Waals surface area contributed by atoms with Gasteiger partial charge in [0, 0.05) is 12.6 Å². The summed E-state index contributed by atoms with van der Waals surface area (Å²) in [6, 6.07) is 8.51. The molecular weight excluding hydrogens is 370 g/mol. The molecule has 1 saturated heterocycles. The highest BCUT2D eigenvalue weighted by Gasteiger charge is 2.54. The van der Waals surface area contributed by atoms with Crippen LogP contribution in [0.3, 0.4) is 0 Å². The maximum absolute atomic E-state index is 13.5. The summed E-state index contributed by atoms with van der Waals surface area (Å²) >= 11 is 0. The minimum atomic E-state index is -1.13. The normalized spacial score (nSPS) is 20.8. The molecule has 144 valence electrons. The number of anilines is 1. The molecule has 7 nitrogen and oxygen atoms in total. The minimum absolute atomic E-state index is 0.0198. The van der Waals surface area contributed by atoms with Crippen LogP contribution in [-0.2, 0) is 16.0 Å².